The van der Waals surface area contributed by atoms with Gasteiger partial charge in [-0.05, 0) is 31.5 Å². The van der Waals surface area contributed by atoms with E-state index >= 15 is 0 Å². The molecule has 0 saturated carbocycles. The van der Waals surface area contributed by atoms with Crippen LogP contribution in [0.3, 0.4) is 0 Å². The van der Waals surface area contributed by atoms with Gasteiger partial charge in [0.25, 0.3) is 0 Å². The Bertz CT molecular complexity index is 510. The zero-order valence-electron chi connectivity index (χ0n) is 11.6. The van der Waals surface area contributed by atoms with Gasteiger partial charge in [-0.2, -0.15) is 0 Å². The lowest BCUT2D eigenvalue weighted by atomic mass is 10.0. The molecular formula is C17H21NO. The summed E-state index contributed by atoms with van der Waals surface area (Å²) in [6, 6.07) is 18.2. The van der Waals surface area contributed by atoms with Crippen molar-refractivity contribution in [3.63, 3.8) is 0 Å². The SMILES string of the molecule is CCC(c1ccccc1O)N(CC)c1ccccc1. The molecule has 2 aromatic rings. The Balaban J connectivity index is 2.38. The van der Waals surface area contributed by atoms with Crippen LogP contribution in [-0.2, 0) is 0 Å². The normalized spacial score (nSPS) is 12.1. The molecule has 2 rings (SSSR count). The van der Waals surface area contributed by atoms with Gasteiger partial charge in [-0.25, -0.2) is 0 Å². The molecule has 100 valence electrons. The monoisotopic (exact) mass is 255 g/mol. The number of hydrogen-bond acceptors (Lipinski definition) is 2. The van der Waals surface area contributed by atoms with Crippen molar-refractivity contribution in [2.24, 2.45) is 0 Å². The largest absolute Gasteiger partial charge is 0.508 e. The van der Waals surface area contributed by atoms with Crippen LogP contribution in [0.1, 0.15) is 31.9 Å². The van der Waals surface area contributed by atoms with Crippen molar-refractivity contribution in [3.05, 3.63) is 60.2 Å². The van der Waals surface area contributed by atoms with Crippen LogP contribution in [0.25, 0.3) is 0 Å². The van der Waals surface area contributed by atoms with Gasteiger partial charge in [0.2, 0.25) is 0 Å². The molecule has 0 aliphatic rings. The summed E-state index contributed by atoms with van der Waals surface area (Å²) in [6.45, 7) is 5.22. The molecule has 0 spiro atoms. The quantitative estimate of drug-likeness (QED) is 0.857. The molecule has 0 aliphatic carbocycles. The molecule has 1 N–H and O–H groups in total. The molecule has 2 nitrogen and oxygen atoms in total. The molecule has 1 atom stereocenters. The van der Waals surface area contributed by atoms with Crippen LogP contribution in [0, 0.1) is 0 Å². The van der Waals surface area contributed by atoms with E-state index in [-0.39, 0.29) is 6.04 Å². The Kier molecular flexibility index (Phi) is 4.45. The predicted octanol–water partition coefficient (Wildman–Crippen LogP) is 4.37. The van der Waals surface area contributed by atoms with E-state index in [1.807, 2.05) is 24.3 Å². The molecule has 0 bridgehead atoms. The van der Waals surface area contributed by atoms with E-state index in [2.05, 4.69) is 43.0 Å². The van der Waals surface area contributed by atoms with Crippen LogP contribution in [0.5, 0.6) is 5.75 Å². The number of benzene rings is 2. The van der Waals surface area contributed by atoms with Gasteiger partial charge in [-0.3, -0.25) is 0 Å². The fourth-order valence-corrected chi connectivity index (χ4v) is 2.58. The van der Waals surface area contributed by atoms with Crippen LogP contribution >= 0.6 is 0 Å². The smallest absolute Gasteiger partial charge is 0.120 e. The zero-order chi connectivity index (χ0) is 13.7. The van der Waals surface area contributed by atoms with Crippen molar-refractivity contribution < 1.29 is 5.11 Å². The molecule has 2 aromatic carbocycles. The summed E-state index contributed by atoms with van der Waals surface area (Å²) in [6.07, 6.45) is 0.959. The number of anilines is 1. The Morgan fingerprint density at radius 2 is 1.58 bits per heavy atom. The summed E-state index contributed by atoms with van der Waals surface area (Å²) in [4.78, 5) is 2.33. The molecule has 0 heterocycles. The maximum Gasteiger partial charge on any atom is 0.120 e. The lowest BCUT2D eigenvalue weighted by Crippen LogP contribution is -2.28. The van der Waals surface area contributed by atoms with Crippen LogP contribution in [0.4, 0.5) is 5.69 Å². The van der Waals surface area contributed by atoms with E-state index < -0.39 is 0 Å². The molecule has 1 unspecified atom stereocenters. The van der Waals surface area contributed by atoms with Gasteiger partial charge in [-0.1, -0.05) is 43.3 Å². The minimum absolute atomic E-state index is 0.202. The van der Waals surface area contributed by atoms with Crippen molar-refractivity contribution in [3.8, 4) is 5.75 Å². The van der Waals surface area contributed by atoms with Crippen LogP contribution in [0.2, 0.25) is 0 Å². The predicted molar refractivity (Wildman–Crippen MR) is 80.6 cm³/mol. The summed E-state index contributed by atoms with van der Waals surface area (Å²) >= 11 is 0. The molecule has 2 heteroatoms. The lowest BCUT2D eigenvalue weighted by molar-refractivity contribution is 0.456. The standard InChI is InChI=1S/C17H21NO/c1-3-16(15-12-8-9-13-17(15)19)18(4-2)14-10-6-5-7-11-14/h5-13,16,19H,3-4H2,1-2H3. The number of hydrogen-bond donors (Lipinski definition) is 1. The molecule has 0 fully saturated rings. The molecule has 0 amide bonds. The summed E-state index contributed by atoms with van der Waals surface area (Å²) in [5.74, 6) is 0.378. The number of aromatic hydroxyl groups is 1. The van der Waals surface area contributed by atoms with E-state index in [0.717, 1.165) is 18.5 Å². The van der Waals surface area contributed by atoms with E-state index in [9.17, 15) is 5.11 Å². The van der Waals surface area contributed by atoms with Gasteiger partial charge < -0.3 is 10.0 Å². The van der Waals surface area contributed by atoms with E-state index in [4.69, 9.17) is 0 Å². The maximum absolute atomic E-state index is 10.1. The number of para-hydroxylation sites is 2. The topological polar surface area (TPSA) is 23.5 Å². The zero-order valence-corrected chi connectivity index (χ0v) is 11.6. The molecular weight excluding hydrogens is 234 g/mol. The minimum atomic E-state index is 0.202. The van der Waals surface area contributed by atoms with Crippen molar-refractivity contribution in [1.82, 2.24) is 0 Å². The van der Waals surface area contributed by atoms with Gasteiger partial charge in [0.15, 0.2) is 0 Å². The first-order valence-corrected chi connectivity index (χ1v) is 6.87. The number of phenolic OH excluding ortho intramolecular Hbond substituents is 1. The second kappa shape index (κ2) is 6.28. The van der Waals surface area contributed by atoms with Crippen molar-refractivity contribution in [2.45, 2.75) is 26.3 Å². The lowest BCUT2D eigenvalue weighted by Gasteiger charge is -2.33. The fraction of sp³-hybridized carbons (Fsp3) is 0.294. The number of phenols is 1. The molecule has 0 aromatic heterocycles. The summed E-state index contributed by atoms with van der Waals surface area (Å²) < 4.78 is 0. The first-order chi connectivity index (χ1) is 9.27. The summed E-state index contributed by atoms with van der Waals surface area (Å²) in [5, 5.41) is 10.1. The summed E-state index contributed by atoms with van der Waals surface area (Å²) in [5.41, 5.74) is 2.19. The van der Waals surface area contributed by atoms with Crippen molar-refractivity contribution >= 4 is 5.69 Å². The molecule has 0 saturated heterocycles. The highest BCUT2D eigenvalue weighted by molar-refractivity contribution is 5.50. The third-order valence-corrected chi connectivity index (χ3v) is 3.49. The Labute approximate surface area is 115 Å². The summed E-state index contributed by atoms with van der Waals surface area (Å²) in [7, 11) is 0. The van der Waals surface area contributed by atoms with Crippen LogP contribution in [-0.4, -0.2) is 11.7 Å². The van der Waals surface area contributed by atoms with Gasteiger partial charge >= 0.3 is 0 Å². The average molecular weight is 255 g/mol. The Morgan fingerprint density at radius 3 is 2.16 bits per heavy atom. The van der Waals surface area contributed by atoms with Crippen molar-refractivity contribution in [2.75, 3.05) is 11.4 Å². The van der Waals surface area contributed by atoms with Crippen molar-refractivity contribution in [1.29, 1.82) is 0 Å². The minimum Gasteiger partial charge on any atom is -0.508 e. The van der Waals surface area contributed by atoms with Gasteiger partial charge in [0.1, 0.15) is 5.75 Å². The first-order valence-electron chi connectivity index (χ1n) is 6.87. The number of rotatable bonds is 5. The van der Waals surface area contributed by atoms with Crippen LogP contribution < -0.4 is 4.90 Å². The Morgan fingerprint density at radius 1 is 0.947 bits per heavy atom. The molecule has 19 heavy (non-hydrogen) atoms. The average Bonchev–Trinajstić information content (AvgIpc) is 2.46. The molecule has 0 aliphatic heterocycles. The second-order valence-electron chi connectivity index (χ2n) is 4.60. The highest BCUT2D eigenvalue weighted by Crippen LogP contribution is 2.33. The maximum atomic E-state index is 10.1. The van der Waals surface area contributed by atoms with Gasteiger partial charge in [0.05, 0.1) is 6.04 Å². The highest BCUT2D eigenvalue weighted by atomic mass is 16.3. The first kappa shape index (κ1) is 13.5. The van der Waals surface area contributed by atoms with E-state index in [1.165, 1.54) is 5.69 Å². The molecule has 0 radical (unpaired) electrons. The third kappa shape index (κ3) is 2.90. The van der Waals surface area contributed by atoms with Gasteiger partial charge in [-0.15, -0.1) is 0 Å². The van der Waals surface area contributed by atoms with E-state index in [0.29, 0.717) is 5.75 Å². The third-order valence-electron chi connectivity index (χ3n) is 3.49. The van der Waals surface area contributed by atoms with E-state index in [1.54, 1.807) is 6.07 Å². The fourth-order valence-electron chi connectivity index (χ4n) is 2.58. The van der Waals surface area contributed by atoms with Gasteiger partial charge in [0, 0.05) is 17.8 Å². The second-order valence-corrected chi connectivity index (χ2v) is 4.60. The van der Waals surface area contributed by atoms with Crippen LogP contribution in [0.15, 0.2) is 54.6 Å². The number of nitrogens with zero attached hydrogens (tertiary/aromatic N) is 1. The highest BCUT2D eigenvalue weighted by Gasteiger charge is 2.20. The Hall–Kier alpha value is -1.96.